The Kier molecular flexibility index (Phi) is 3.86. The van der Waals surface area contributed by atoms with E-state index in [0.717, 1.165) is 18.9 Å². The van der Waals surface area contributed by atoms with Gasteiger partial charge < -0.3 is 4.74 Å². The summed E-state index contributed by atoms with van der Waals surface area (Å²) in [6.45, 7) is 0. The third kappa shape index (κ3) is 2.43. The van der Waals surface area contributed by atoms with Crippen LogP contribution in [-0.4, -0.2) is 13.2 Å². The fraction of sp³-hybridized carbons (Fsp3) is 0.500. The summed E-state index contributed by atoms with van der Waals surface area (Å²) < 4.78 is 44.8. The number of hydrogen-bond acceptors (Lipinski definition) is 3. The van der Waals surface area contributed by atoms with Crippen LogP contribution in [0, 0.1) is 0 Å². The first kappa shape index (κ1) is 14.6. The first-order valence-electron chi connectivity index (χ1n) is 6.28. The lowest BCUT2D eigenvalue weighted by Crippen LogP contribution is -2.25. The van der Waals surface area contributed by atoms with Gasteiger partial charge in [-0.2, -0.15) is 18.2 Å². The summed E-state index contributed by atoms with van der Waals surface area (Å²) in [5, 5.41) is 0. The number of ether oxygens (including phenoxy) is 1. The second-order valence-corrected chi connectivity index (χ2v) is 4.82. The maximum atomic E-state index is 13.2. The van der Waals surface area contributed by atoms with Crippen molar-refractivity contribution in [2.45, 2.75) is 37.4 Å². The van der Waals surface area contributed by atoms with Crippen molar-refractivity contribution >= 4 is 6.08 Å². The van der Waals surface area contributed by atoms with Crippen molar-refractivity contribution in [2.24, 2.45) is 4.99 Å². The van der Waals surface area contributed by atoms with Crippen molar-refractivity contribution in [3.63, 3.8) is 0 Å². The molecule has 0 saturated heterocycles. The largest absolute Gasteiger partial charge is 0.496 e. The number of methoxy groups -OCH3 is 1. The van der Waals surface area contributed by atoms with Crippen LogP contribution in [0.4, 0.5) is 13.2 Å². The Morgan fingerprint density at radius 1 is 1.30 bits per heavy atom. The number of hydrogen-bond donors (Lipinski definition) is 0. The van der Waals surface area contributed by atoms with E-state index in [-0.39, 0.29) is 11.3 Å². The lowest BCUT2D eigenvalue weighted by Gasteiger charge is -2.28. The fourth-order valence-electron chi connectivity index (χ4n) is 2.88. The summed E-state index contributed by atoms with van der Waals surface area (Å²) in [7, 11) is 1.31. The number of halogens is 3. The summed E-state index contributed by atoms with van der Waals surface area (Å²) in [4.78, 5) is 14.4. The molecular weight excluding hydrogens is 271 g/mol. The van der Waals surface area contributed by atoms with Gasteiger partial charge in [0.05, 0.1) is 12.7 Å². The number of benzene rings is 1. The molecule has 108 valence electrons. The molecule has 1 aliphatic carbocycles. The highest BCUT2D eigenvalue weighted by molar-refractivity contribution is 5.50. The van der Waals surface area contributed by atoms with E-state index in [4.69, 9.17) is 4.74 Å². The second-order valence-electron chi connectivity index (χ2n) is 4.82. The molecule has 1 aliphatic rings. The summed E-state index contributed by atoms with van der Waals surface area (Å²) >= 11 is 0. The molecule has 2 rings (SSSR count). The SMILES string of the molecule is COc1cccc(C(F)(F)F)c1C1(N=C=O)CCCC1. The maximum Gasteiger partial charge on any atom is 0.416 e. The van der Waals surface area contributed by atoms with E-state index in [2.05, 4.69) is 4.99 Å². The monoisotopic (exact) mass is 285 g/mol. The molecule has 0 bridgehead atoms. The van der Waals surface area contributed by atoms with E-state index in [1.54, 1.807) is 0 Å². The summed E-state index contributed by atoms with van der Waals surface area (Å²) in [5.41, 5.74) is -2.01. The van der Waals surface area contributed by atoms with Gasteiger partial charge in [0, 0.05) is 5.56 Å². The van der Waals surface area contributed by atoms with Gasteiger partial charge in [0.2, 0.25) is 6.08 Å². The first-order valence-corrected chi connectivity index (χ1v) is 6.28. The molecule has 20 heavy (non-hydrogen) atoms. The van der Waals surface area contributed by atoms with Crippen LogP contribution in [-0.2, 0) is 16.5 Å². The van der Waals surface area contributed by atoms with E-state index in [0.29, 0.717) is 12.8 Å². The zero-order valence-corrected chi connectivity index (χ0v) is 11.0. The molecule has 1 saturated carbocycles. The summed E-state index contributed by atoms with van der Waals surface area (Å²) in [5.74, 6) is 0.112. The van der Waals surface area contributed by atoms with E-state index in [1.165, 1.54) is 25.3 Å². The van der Waals surface area contributed by atoms with Gasteiger partial charge in [0.25, 0.3) is 0 Å². The molecule has 1 aromatic carbocycles. The molecule has 0 unspecified atom stereocenters. The molecule has 0 radical (unpaired) electrons. The second kappa shape index (κ2) is 5.29. The Balaban J connectivity index is 2.73. The standard InChI is InChI=1S/C14H14F3NO2/c1-20-11-6-4-5-10(14(15,16)17)12(11)13(18-9-19)7-2-3-8-13/h4-6H,2-3,7-8H2,1H3. The zero-order chi connectivity index (χ0) is 14.8. The molecule has 0 atom stereocenters. The summed E-state index contributed by atoms with van der Waals surface area (Å²) in [6, 6.07) is 3.75. The van der Waals surface area contributed by atoms with Crippen molar-refractivity contribution in [2.75, 3.05) is 7.11 Å². The highest BCUT2D eigenvalue weighted by Crippen LogP contribution is 2.50. The van der Waals surface area contributed by atoms with Crippen LogP contribution in [0.15, 0.2) is 23.2 Å². The zero-order valence-electron chi connectivity index (χ0n) is 11.0. The van der Waals surface area contributed by atoms with Crippen LogP contribution < -0.4 is 4.74 Å². The first-order chi connectivity index (χ1) is 9.44. The van der Waals surface area contributed by atoms with Crippen molar-refractivity contribution < 1.29 is 22.7 Å². The topological polar surface area (TPSA) is 38.7 Å². The summed E-state index contributed by atoms with van der Waals surface area (Å²) in [6.07, 6.45) is -0.850. The molecule has 6 heteroatoms. The quantitative estimate of drug-likeness (QED) is 0.625. The number of carbonyl (C=O) groups excluding carboxylic acids is 1. The number of rotatable bonds is 3. The molecular formula is C14H14F3NO2. The van der Waals surface area contributed by atoms with Gasteiger partial charge in [-0.3, -0.25) is 0 Å². The highest BCUT2D eigenvalue weighted by Gasteiger charge is 2.45. The number of aliphatic imine (C=N–C) groups is 1. The number of nitrogens with zero attached hydrogens (tertiary/aromatic N) is 1. The average molecular weight is 285 g/mol. The van der Waals surface area contributed by atoms with Crippen LogP contribution in [0.1, 0.15) is 36.8 Å². The Labute approximate surface area is 114 Å². The van der Waals surface area contributed by atoms with E-state index in [1.807, 2.05) is 0 Å². The average Bonchev–Trinajstić information content (AvgIpc) is 2.87. The van der Waals surface area contributed by atoms with E-state index in [9.17, 15) is 18.0 Å². The van der Waals surface area contributed by atoms with Crippen molar-refractivity contribution in [1.29, 1.82) is 0 Å². The molecule has 0 N–H and O–H groups in total. The fourth-order valence-corrected chi connectivity index (χ4v) is 2.88. The molecule has 1 aromatic rings. The molecule has 3 nitrogen and oxygen atoms in total. The predicted molar refractivity (Wildman–Crippen MR) is 66.3 cm³/mol. The van der Waals surface area contributed by atoms with Crippen molar-refractivity contribution in [1.82, 2.24) is 0 Å². The van der Waals surface area contributed by atoms with Gasteiger partial charge in [0.15, 0.2) is 0 Å². The van der Waals surface area contributed by atoms with Crippen LogP contribution in [0.2, 0.25) is 0 Å². The van der Waals surface area contributed by atoms with Crippen LogP contribution in [0.5, 0.6) is 5.75 Å². The Hall–Kier alpha value is -1.81. The maximum absolute atomic E-state index is 13.2. The third-order valence-electron chi connectivity index (χ3n) is 3.71. The molecule has 0 spiro atoms. The smallest absolute Gasteiger partial charge is 0.416 e. The van der Waals surface area contributed by atoms with E-state index >= 15 is 0 Å². The lowest BCUT2D eigenvalue weighted by molar-refractivity contribution is -0.139. The molecule has 0 amide bonds. The van der Waals surface area contributed by atoms with Gasteiger partial charge in [-0.15, -0.1) is 0 Å². The van der Waals surface area contributed by atoms with Crippen LogP contribution in [0.25, 0.3) is 0 Å². The molecule has 1 fully saturated rings. The minimum Gasteiger partial charge on any atom is -0.496 e. The van der Waals surface area contributed by atoms with Crippen molar-refractivity contribution in [3.05, 3.63) is 29.3 Å². The van der Waals surface area contributed by atoms with Gasteiger partial charge in [-0.05, 0) is 25.0 Å². The minimum atomic E-state index is -4.52. The van der Waals surface area contributed by atoms with Gasteiger partial charge in [-0.25, -0.2) is 4.79 Å². The van der Waals surface area contributed by atoms with Crippen LogP contribution in [0.3, 0.4) is 0 Å². The van der Waals surface area contributed by atoms with Gasteiger partial charge in [-0.1, -0.05) is 18.9 Å². The predicted octanol–water partition coefficient (Wildman–Crippen LogP) is 3.82. The highest BCUT2D eigenvalue weighted by atomic mass is 19.4. The molecule has 0 aromatic heterocycles. The number of alkyl halides is 3. The van der Waals surface area contributed by atoms with E-state index < -0.39 is 17.3 Å². The van der Waals surface area contributed by atoms with Gasteiger partial charge >= 0.3 is 6.18 Å². The van der Waals surface area contributed by atoms with Crippen LogP contribution >= 0.6 is 0 Å². The minimum absolute atomic E-state index is 0.0455. The Bertz CT molecular complexity index is 542. The third-order valence-corrected chi connectivity index (χ3v) is 3.71. The van der Waals surface area contributed by atoms with Crippen molar-refractivity contribution in [3.8, 4) is 5.75 Å². The molecule has 0 aliphatic heterocycles. The molecule has 0 heterocycles. The Morgan fingerprint density at radius 2 is 1.95 bits per heavy atom. The normalized spacial score (nSPS) is 17.6. The Morgan fingerprint density at radius 3 is 2.45 bits per heavy atom. The number of isocyanates is 1. The van der Waals surface area contributed by atoms with Gasteiger partial charge in [0.1, 0.15) is 11.3 Å². The lowest BCUT2D eigenvalue weighted by atomic mass is 9.84.